The molecule has 0 aliphatic carbocycles. The van der Waals surface area contributed by atoms with Gasteiger partial charge in [0.1, 0.15) is 18.1 Å². The Morgan fingerprint density at radius 3 is 2.50 bits per heavy atom. The fourth-order valence-corrected chi connectivity index (χ4v) is 2.22. The molecule has 4 heteroatoms. The van der Waals surface area contributed by atoms with E-state index < -0.39 is 0 Å². The Bertz CT molecular complexity index is 572. The van der Waals surface area contributed by atoms with Crippen molar-refractivity contribution in [2.45, 2.75) is 20.0 Å². The summed E-state index contributed by atoms with van der Waals surface area (Å²) in [6, 6.07) is 13.5. The van der Waals surface area contributed by atoms with E-state index in [0.29, 0.717) is 18.9 Å². The molecular formula is C16H18BrNO2. The number of hydrogen-bond donors (Lipinski definition) is 1. The maximum absolute atomic E-state index is 5.86. The molecule has 106 valence electrons. The third-order valence-electron chi connectivity index (χ3n) is 2.67. The van der Waals surface area contributed by atoms with Crippen molar-refractivity contribution < 1.29 is 9.47 Å². The standard InChI is InChI=1S/C16H18BrNO2/c1-2-6-19-15-8-14(18)9-16(10-15)20-11-12-4-3-5-13(17)7-12/h3-5,7-10H,2,6,11,18H2,1H3. The molecular weight excluding hydrogens is 318 g/mol. The van der Waals surface area contributed by atoms with Crippen LogP contribution in [-0.2, 0) is 6.61 Å². The highest BCUT2D eigenvalue weighted by molar-refractivity contribution is 9.10. The van der Waals surface area contributed by atoms with E-state index in [1.807, 2.05) is 36.4 Å². The van der Waals surface area contributed by atoms with Crippen LogP contribution in [0.2, 0.25) is 0 Å². The van der Waals surface area contributed by atoms with E-state index in [1.165, 1.54) is 0 Å². The fourth-order valence-electron chi connectivity index (χ4n) is 1.77. The lowest BCUT2D eigenvalue weighted by atomic mass is 10.2. The van der Waals surface area contributed by atoms with Gasteiger partial charge in [-0.3, -0.25) is 0 Å². The molecule has 0 aliphatic rings. The molecule has 3 nitrogen and oxygen atoms in total. The summed E-state index contributed by atoms with van der Waals surface area (Å²) in [6.45, 7) is 3.24. The zero-order valence-electron chi connectivity index (χ0n) is 11.4. The van der Waals surface area contributed by atoms with E-state index in [-0.39, 0.29) is 0 Å². The monoisotopic (exact) mass is 335 g/mol. The van der Waals surface area contributed by atoms with E-state index in [1.54, 1.807) is 6.07 Å². The summed E-state index contributed by atoms with van der Waals surface area (Å²) in [4.78, 5) is 0. The van der Waals surface area contributed by atoms with Crippen molar-refractivity contribution in [3.05, 3.63) is 52.5 Å². The van der Waals surface area contributed by atoms with Gasteiger partial charge in [-0.2, -0.15) is 0 Å². The molecule has 0 heterocycles. The predicted molar refractivity (Wildman–Crippen MR) is 85.1 cm³/mol. The van der Waals surface area contributed by atoms with Crippen LogP contribution in [-0.4, -0.2) is 6.61 Å². The number of nitrogens with two attached hydrogens (primary N) is 1. The number of nitrogen functional groups attached to an aromatic ring is 1. The van der Waals surface area contributed by atoms with Crippen molar-refractivity contribution in [3.63, 3.8) is 0 Å². The number of hydrogen-bond acceptors (Lipinski definition) is 3. The number of anilines is 1. The molecule has 0 amide bonds. The van der Waals surface area contributed by atoms with Crippen molar-refractivity contribution in [2.75, 3.05) is 12.3 Å². The van der Waals surface area contributed by atoms with Gasteiger partial charge in [0.25, 0.3) is 0 Å². The van der Waals surface area contributed by atoms with Crippen LogP contribution in [0.25, 0.3) is 0 Å². The Labute approximate surface area is 127 Å². The lowest BCUT2D eigenvalue weighted by molar-refractivity contribution is 0.295. The first-order chi connectivity index (χ1) is 9.67. The molecule has 0 saturated carbocycles. The van der Waals surface area contributed by atoms with Gasteiger partial charge >= 0.3 is 0 Å². The molecule has 0 atom stereocenters. The molecule has 0 aliphatic heterocycles. The molecule has 0 unspecified atom stereocenters. The molecule has 0 aromatic heterocycles. The van der Waals surface area contributed by atoms with E-state index in [9.17, 15) is 0 Å². The quantitative estimate of drug-likeness (QED) is 0.795. The highest BCUT2D eigenvalue weighted by Crippen LogP contribution is 2.25. The average Bonchev–Trinajstić information content (AvgIpc) is 2.42. The van der Waals surface area contributed by atoms with Crippen molar-refractivity contribution in [1.82, 2.24) is 0 Å². The lowest BCUT2D eigenvalue weighted by Gasteiger charge is -2.10. The van der Waals surface area contributed by atoms with Crippen molar-refractivity contribution in [3.8, 4) is 11.5 Å². The average molecular weight is 336 g/mol. The Hall–Kier alpha value is -1.68. The predicted octanol–water partition coefficient (Wildman–Crippen LogP) is 4.40. The SMILES string of the molecule is CCCOc1cc(N)cc(OCc2cccc(Br)c2)c1. The second kappa shape index (κ2) is 7.20. The van der Waals surface area contributed by atoms with Crippen LogP contribution in [0.1, 0.15) is 18.9 Å². The van der Waals surface area contributed by atoms with Gasteiger partial charge in [0.15, 0.2) is 0 Å². The second-order valence-corrected chi connectivity index (χ2v) is 5.42. The van der Waals surface area contributed by atoms with Gasteiger partial charge in [-0.15, -0.1) is 0 Å². The summed E-state index contributed by atoms with van der Waals surface area (Å²) in [6.07, 6.45) is 0.961. The summed E-state index contributed by atoms with van der Waals surface area (Å²) in [5.41, 5.74) is 7.59. The Balaban J connectivity index is 2.03. The van der Waals surface area contributed by atoms with Crippen LogP contribution in [0.3, 0.4) is 0 Å². The Morgan fingerprint density at radius 2 is 1.80 bits per heavy atom. The molecule has 0 spiro atoms. The minimum absolute atomic E-state index is 0.496. The van der Waals surface area contributed by atoms with Crippen molar-refractivity contribution in [1.29, 1.82) is 0 Å². The normalized spacial score (nSPS) is 10.3. The molecule has 0 bridgehead atoms. The molecule has 2 N–H and O–H groups in total. The summed E-state index contributed by atoms with van der Waals surface area (Å²) >= 11 is 3.44. The number of halogens is 1. The van der Waals surface area contributed by atoms with Gasteiger partial charge in [-0.1, -0.05) is 35.0 Å². The second-order valence-electron chi connectivity index (χ2n) is 4.50. The van der Waals surface area contributed by atoms with Crippen LogP contribution < -0.4 is 15.2 Å². The third-order valence-corrected chi connectivity index (χ3v) is 3.16. The lowest BCUT2D eigenvalue weighted by Crippen LogP contribution is -1.99. The van der Waals surface area contributed by atoms with Crippen molar-refractivity contribution in [2.24, 2.45) is 0 Å². The molecule has 2 rings (SSSR count). The Morgan fingerprint density at radius 1 is 1.05 bits per heavy atom. The van der Waals surface area contributed by atoms with Crippen LogP contribution in [0.4, 0.5) is 5.69 Å². The minimum Gasteiger partial charge on any atom is -0.493 e. The van der Waals surface area contributed by atoms with Crippen LogP contribution in [0, 0.1) is 0 Å². The van der Waals surface area contributed by atoms with E-state index in [2.05, 4.69) is 22.9 Å². The zero-order valence-corrected chi connectivity index (χ0v) is 13.0. The molecule has 20 heavy (non-hydrogen) atoms. The van der Waals surface area contributed by atoms with Gasteiger partial charge in [-0.05, 0) is 24.1 Å². The minimum atomic E-state index is 0.496. The van der Waals surface area contributed by atoms with Gasteiger partial charge in [0.2, 0.25) is 0 Å². The highest BCUT2D eigenvalue weighted by Gasteiger charge is 2.02. The van der Waals surface area contributed by atoms with Gasteiger partial charge < -0.3 is 15.2 Å². The summed E-state index contributed by atoms with van der Waals surface area (Å²) < 4.78 is 12.4. The maximum atomic E-state index is 5.86. The smallest absolute Gasteiger partial charge is 0.125 e. The highest BCUT2D eigenvalue weighted by atomic mass is 79.9. The fraction of sp³-hybridized carbons (Fsp3) is 0.250. The van der Waals surface area contributed by atoms with E-state index in [0.717, 1.165) is 28.0 Å². The summed E-state index contributed by atoms with van der Waals surface area (Å²) in [5.74, 6) is 1.46. The first kappa shape index (κ1) is 14.7. The molecule has 2 aromatic carbocycles. The van der Waals surface area contributed by atoms with Crippen LogP contribution in [0.15, 0.2) is 46.9 Å². The van der Waals surface area contributed by atoms with Crippen molar-refractivity contribution >= 4 is 21.6 Å². The summed E-state index contributed by atoms with van der Waals surface area (Å²) in [5, 5.41) is 0. The zero-order chi connectivity index (χ0) is 14.4. The maximum Gasteiger partial charge on any atom is 0.125 e. The number of benzene rings is 2. The van der Waals surface area contributed by atoms with E-state index >= 15 is 0 Å². The van der Waals surface area contributed by atoms with Crippen LogP contribution in [0.5, 0.6) is 11.5 Å². The van der Waals surface area contributed by atoms with E-state index in [4.69, 9.17) is 15.2 Å². The molecule has 0 radical (unpaired) electrons. The molecule has 0 fully saturated rings. The molecule has 0 saturated heterocycles. The van der Waals surface area contributed by atoms with Crippen LogP contribution >= 0.6 is 15.9 Å². The number of rotatable bonds is 6. The third kappa shape index (κ3) is 4.46. The van der Waals surface area contributed by atoms with Gasteiger partial charge in [0, 0.05) is 28.4 Å². The van der Waals surface area contributed by atoms with Gasteiger partial charge in [-0.25, -0.2) is 0 Å². The summed E-state index contributed by atoms with van der Waals surface area (Å²) in [7, 11) is 0. The van der Waals surface area contributed by atoms with Gasteiger partial charge in [0.05, 0.1) is 6.61 Å². The topological polar surface area (TPSA) is 44.5 Å². The Kier molecular flexibility index (Phi) is 5.30. The number of ether oxygens (including phenoxy) is 2. The largest absolute Gasteiger partial charge is 0.493 e. The molecule has 2 aromatic rings. The first-order valence-electron chi connectivity index (χ1n) is 6.58. The first-order valence-corrected chi connectivity index (χ1v) is 7.37.